The van der Waals surface area contributed by atoms with Gasteiger partial charge in [0.1, 0.15) is 0 Å². The van der Waals surface area contributed by atoms with Crippen molar-refractivity contribution >= 4 is 16.0 Å². The molecule has 1 aromatic heterocycles. The molecule has 8 nitrogen and oxygen atoms in total. The van der Waals surface area contributed by atoms with E-state index in [1.165, 1.54) is 10.6 Å². The highest BCUT2D eigenvalue weighted by Crippen LogP contribution is 2.36. The first-order chi connectivity index (χ1) is 13.4. The molecule has 1 aromatic rings. The van der Waals surface area contributed by atoms with Crippen molar-refractivity contribution in [1.82, 2.24) is 9.29 Å². The highest BCUT2D eigenvalue weighted by atomic mass is 32.2. The summed E-state index contributed by atoms with van der Waals surface area (Å²) in [5, 5.41) is 7.12. The van der Waals surface area contributed by atoms with Crippen LogP contribution in [0.5, 0.6) is 0 Å². The SMILES string of the molecule is CS(=O)(=O)N1CCC[C@]2(C[C@@H](OCc3ccccn3)CO2)C1.O=C(O)C(F)(F)F. The molecule has 3 rings (SSSR count). The molecule has 3 heterocycles. The number of nitrogens with zero attached hydrogens (tertiary/aromatic N) is 2. The number of sulfonamides is 1. The van der Waals surface area contributed by atoms with Crippen molar-refractivity contribution in [2.24, 2.45) is 0 Å². The Balaban J connectivity index is 0.000000370. The smallest absolute Gasteiger partial charge is 0.475 e. The molecular weight excluding hydrogens is 417 g/mol. The lowest BCUT2D eigenvalue weighted by molar-refractivity contribution is -0.192. The Morgan fingerprint density at radius 1 is 1.45 bits per heavy atom. The normalized spacial score (nSPS) is 25.4. The zero-order valence-electron chi connectivity index (χ0n) is 15.8. The Morgan fingerprint density at radius 2 is 2.14 bits per heavy atom. The number of carboxylic acids is 1. The van der Waals surface area contributed by atoms with Gasteiger partial charge in [0.2, 0.25) is 10.0 Å². The van der Waals surface area contributed by atoms with Gasteiger partial charge in [-0.15, -0.1) is 0 Å². The van der Waals surface area contributed by atoms with Crippen LogP contribution in [0.3, 0.4) is 0 Å². The summed E-state index contributed by atoms with van der Waals surface area (Å²) < 4.78 is 68.6. The molecule has 1 N–H and O–H groups in total. The Bertz CT molecular complexity index is 790. The molecule has 0 amide bonds. The summed E-state index contributed by atoms with van der Waals surface area (Å²) in [4.78, 5) is 13.1. The van der Waals surface area contributed by atoms with Gasteiger partial charge in [-0.05, 0) is 25.0 Å². The minimum Gasteiger partial charge on any atom is -0.475 e. The van der Waals surface area contributed by atoms with Gasteiger partial charge in [-0.1, -0.05) is 6.07 Å². The molecule has 1 spiro atoms. The zero-order valence-corrected chi connectivity index (χ0v) is 16.6. The van der Waals surface area contributed by atoms with Gasteiger partial charge in [-0.3, -0.25) is 4.98 Å². The average molecular weight is 440 g/mol. The van der Waals surface area contributed by atoms with E-state index in [1.54, 1.807) is 6.20 Å². The largest absolute Gasteiger partial charge is 0.490 e. The number of rotatable bonds is 4. The molecule has 164 valence electrons. The molecule has 2 aliphatic heterocycles. The van der Waals surface area contributed by atoms with Crippen LogP contribution in [0.4, 0.5) is 13.2 Å². The monoisotopic (exact) mass is 440 g/mol. The summed E-state index contributed by atoms with van der Waals surface area (Å²) in [5.74, 6) is -2.76. The molecule has 29 heavy (non-hydrogen) atoms. The van der Waals surface area contributed by atoms with Gasteiger partial charge in [0.05, 0.1) is 36.9 Å². The Morgan fingerprint density at radius 3 is 2.69 bits per heavy atom. The van der Waals surface area contributed by atoms with E-state index >= 15 is 0 Å². The quantitative estimate of drug-likeness (QED) is 0.761. The van der Waals surface area contributed by atoms with Crippen molar-refractivity contribution in [1.29, 1.82) is 0 Å². The van der Waals surface area contributed by atoms with E-state index in [0.717, 1.165) is 25.0 Å². The summed E-state index contributed by atoms with van der Waals surface area (Å²) in [6.07, 6.45) is 0.391. The van der Waals surface area contributed by atoms with Crippen molar-refractivity contribution in [2.45, 2.75) is 43.8 Å². The van der Waals surface area contributed by atoms with E-state index < -0.39 is 22.2 Å². The fourth-order valence-electron chi connectivity index (χ4n) is 3.22. The lowest BCUT2D eigenvalue weighted by Gasteiger charge is -2.38. The molecule has 0 bridgehead atoms. The van der Waals surface area contributed by atoms with Crippen LogP contribution in [-0.4, -0.2) is 72.6 Å². The van der Waals surface area contributed by atoms with Crippen LogP contribution >= 0.6 is 0 Å². The van der Waals surface area contributed by atoms with Crippen molar-refractivity contribution in [3.05, 3.63) is 30.1 Å². The topological polar surface area (TPSA) is 106 Å². The lowest BCUT2D eigenvalue weighted by atomic mass is 9.90. The summed E-state index contributed by atoms with van der Waals surface area (Å²) in [5.41, 5.74) is 0.515. The molecule has 0 radical (unpaired) electrons. The van der Waals surface area contributed by atoms with Crippen LogP contribution in [-0.2, 0) is 30.9 Å². The van der Waals surface area contributed by atoms with E-state index in [1.807, 2.05) is 18.2 Å². The van der Waals surface area contributed by atoms with Gasteiger partial charge in [0, 0.05) is 25.7 Å². The number of carboxylic acid groups (broad SMARTS) is 1. The predicted octanol–water partition coefficient (Wildman–Crippen LogP) is 1.81. The highest BCUT2D eigenvalue weighted by Gasteiger charge is 2.45. The van der Waals surface area contributed by atoms with Gasteiger partial charge in [-0.25, -0.2) is 13.2 Å². The van der Waals surface area contributed by atoms with Crippen LogP contribution in [0.2, 0.25) is 0 Å². The zero-order chi connectivity index (χ0) is 21.7. The maximum atomic E-state index is 11.7. The average Bonchev–Trinajstić information content (AvgIpc) is 3.02. The van der Waals surface area contributed by atoms with Crippen molar-refractivity contribution < 1.29 is 41.0 Å². The van der Waals surface area contributed by atoms with Gasteiger partial charge in [0.15, 0.2) is 0 Å². The third-order valence-corrected chi connectivity index (χ3v) is 5.83. The molecule has 0 saturated carbocycles. The fraction of sp³-hybridized carbons (Fsp3) is 0.647. The predicted molar refractivity (Wildman–Crippen MR) is 95.5 cm³/mol. The van der Waals surface area contributed by atoms with Crippen molar-refractivity contribution in [3.8, 4) is 0 Å². The van der Waals surface area contributed by atoms with E-state index in [0.29, 0.717) is 26.3 Å². The number of hydrogen-bond acceptors (Lipinski definition) is 6. The molecule has 2 atom stereocenters. The highest BCUT2D eigenvalue weighted by molar-refractivity contribution is 7.88. The summed E-state index contributed by atoms with van der Waals surface area (Å²) >= 11 is 0. The maximum Gasteiger partial charge on any atom is 0.490 e. The van der Waals surface area contributed by atoms with Gasteiger partial charge in [-0.2, -0.15) is 17.5 Å². The molecule has 0 aromatic carbocycles. The third kappa shape index (κ3) is 7.21. The Hall–Kier alpha value is -1.76. The molecule has 2 aliphatic rings. The van der Waals surface area contributed by atoms with E-state index in [4.69, 9.17) is 19.4 Å². The van der Waals surface area contributed by atoms with Crippen molar-refractivity contribution in [2.75, 3.05) is 26.0 Å². The fourth-order valence-corrected chi connectivity index (χ4v) is 4.15. The lowest BCUT2D eigenvalue weighted by Crippen LogP contribution is -2.49. The minimum absolute atomic E-state index is 0.00140. The molecule has 0 aliphatic carbocycles. The van der Waals surface area contributed by atoms with Crippen LogP contribution in [0, 0.1) is 0 Å². The second-order valence-corrected chi connectivity index (χ2v) is 8.94. The molecule has 2 saturated heterocycles. The first-order valence-electron chi connectivity index (χ1n) is 8.82. The number of piperidine rings is 1. The number of aliphatic carboxylic acids is 1. The standard InChI is InChI=1S/C15H22N2O4S.C2HF3O2/c1-22(18,19)17-8-4-6-15(12-17)9-14(11-21-15)20-10-13-5-2-3-7-16-13;3-2(4,5)1(6)7/h2-3,5,7,14H,4,6,8-12H2,1H3;(H,6,7)/t14-,15+;/m1./s1. The Labute approximate surface area is 166 Å². The molecule has 2 fully saturated rings. The van der Waals surface area contributed by atoms with E-state index in [2.05, 4.69) is 4.98 Å². The van der Waals surface area contributed by atoms with E-state index in [-0.39, 0.29) is 11.7 Å². The first-order valence-corrected chi connectivity index (χ1v) is 10.7. The molecule has 12 heteroatoms. The number of pyridine rings is 1. The van der Waals surface area contributed by atoms with Crippen LogP contribution in [0.25, 0.3) is 0 Å². The summed E-state index contributed by atoms with van der Waals surface area (Å²) in [6.45, 7) is 2.00. The molecular formula is C17H23F3N2O6S. The third-order valence-electron chi connectivity index (χ3n) is 4.58. The Kier molecular flexibility index (Phi) is 7.60. The number of alkyl halides is 3. The second-order valence-electron chi connectivity index (χ2n) is 6.96. The summed E-state index contributed by atoms with van der Waals surface area (Å²) in [7, 11) is -3.16. The number of hydrogen-bond donors (Lipinski definition) is 1. The van der Waals surface area contributed by atoms with Gasteiger partial charge < -0.3 is 14.6 Å². The van der Waals surface area contributed by atoms with E-state index in [9.17, 15) is 21.6 Å². The molecule has 0 unspecified atom stereocenters. The minimum atomic E-state index is -5.08. The van der Waals surface area contributed by atoms with Crippen LogP contribution in [0.1, 0.15) is 25.0 Å². The number of aromatic nitrogens is 1. The number of ether oxygens (including phenoxy) is 2. The van der Waals surface area contributed by atoms with Gasteiger partial charge in [0.25, 0.3) is 0 Å². The second kappa shape index (κ2) is 9.37. The number of halogens is 3. The van der Waals surface area contributed by atoms with Crippen LogP contribution < -0.4 is 0 Å². The number of carbonyl (C=O) groups is 1. The summed E-state index contributed by atoms with van der Waals surface area (Å²) in [6, 6.07) is 5.74. The first kappa shape index (κ1) is 23.5. The van der Waals surface area contributed by atoms with Crippen LogP contribution in [0.15, 0.2) is 24.4 Å². The maximum absolute atomic E-state index is 11.7. The van der Waals surface area contributed by atoms with Gasteiger partial charge >= 0.3 is 12.1 Å². The van der Waals surface area contributed by atoms with Crippen molar-refractivity contribution in [3.63, 3.8) is 0 Å².